The molecule has 7 heteroatoms. The third-order valence-electron chi connectivity index (χ3n) is 5.71. The Bertz CT molecular complexity index is 1030. The van der Waals surface area contributed by atoms with E-state index in [1.165, 1.54) is 21.9 Å². The number of rotatable bonds is 5. The molecule has 0 bridgehead atoms. The van der Waals surface area contributed by atoms with Crippen molar-refractivity contribution in [1.82, 2.24) is 5.32 Å². The average molecular weight is 415 g/mol. The highest BCUT2D eigenvalue weighted by Crippen LogP contribution is 2.35. The summed E-state index contributed by atoms with van der Waals surface area (Å²) in [7, 11) is -3.52. The molecular weight excluding hydrogens is 388 g/mol. The fourth-order valence-corrected chi connectivity index (χ4v) is 5.13. The van der Waals surface area contributed by atoms with Crippen LogP contribution >= 0.6 is 0 Å². The lowest BCUT2D eigenvalue weighted by atomic mass is 10.0. The summed E-state index contributed by atoms with van der Waals surface area (Å²) in [6.07, 6.45) is 2.48. The monoisotopic (exact) mass is 414 g/mol. The van der Waals surface area contributed by atoms with Gasteiger partial charge in [-0.15, -0.1) is 0 Å². The number of amides is 1. The molecule has 0 spiro atoms. The number of para-hydroxylation sites is 2. The summed E-state index contributed by atoms with van der Waals surface area (Å²) in [5, 5.41) is 2.99. The van der Waals surface area contributed by atoms with E-state index in [4.69, 9.17) is 4.74 Å². The van der Waals surface area contributed by atoms with Crippen LogP contribution in [-0.4, -0.2) is 32.7 Å². The van der Waals surface area contributed by atoms with E-state index in [1.807, 2.05) is 6.92 Å². The number of aryl methyl sites for hydroxylation is 2. The molecule has 4 rings (SSSR count). The first-order valence-electron chi connectivity index (χ1n) is 10.1. The van der Waals surface area contributed by atoms with E-state index in [2.05, 4.69) is 23.5 Å². The van der Waals surface area contributed by atoms with E-state index >= 15 is 0 Å². The highest BCUT2D eigenvalue weighted by molar-refractivity contribution is 7.92. The zero-order valence-corrected chi connectivity index (χ0v) is 17.5. The summed E-state index contributed by atoms with van der Waals surface area (Å²) in [6, 6.07) is 13.1. The van der Waals surface area contributed by atoms with Crippen LogP contribution in [0.4, 0.5) is 5.69 Å². The maximum absolute atomic E-state index is 12.9. The van der Waals surface area contributed by atoms with E-state index in [1.54, 1.807) is 31.2 Å². The Balaban J connectivity index is 1.53. The summed E-state index contributed by atoms with van der Waals surface area (Å²) < 4.78 is 32.3. The first kappa shape index (κ1) is 19.8. The number of hydrogen-bond acceptors (Lipinski definition) is 4. The zero-order chi connectivity index (χ0) is 20.6. The number of nitrogens with one attached hydrogen (secondary N) is 1. The lowest BCUT2D eigenvalue weighted by Gasteiger charge is -2.35. The predicted molar refractivity (Wildman–Crippen MR) is 113 cm³/mol. The van der Waals surface area contributed by atoms with Crippen molar-refractivity contribution in [2.45, 2.75) is 45.3 Å². The summed E-state index contributed by atoms with van der Waals surface area (Å²) in [5.74, 6) is 0.0474. The van der Waals surface area contributed by atoms with Gasteiger partial charge in [0.15, 0.2) is 6.10 Å². The van der Waals surface area contributed by atoms with Gasteiger partial charge < -0.3 is 10.1 Å². The molecule has 1 amide bonds. The van der Waals surface area contributed by atoms with Gasteiger partial charge in [-0.05, 0) is 61.9 Å². The van der Waals surface area contributed by atoms with E-state index in [-0.39, 0.29) is 24.2 Å². The highest BCUT2D eigenvalue weighted by Gasteiger charge is 2.36. The number of anilines is 1. The maximum atomic E-state index is 12.9. The summed E-state index contributed by atoms with van der Waals surface area (Å²) >= 11 is 0. The summed E-state index contributed by atoms with van der Waals surface area (Å²) in [6.45, 7) is 3.50. The molecule has 1 aliphatic carbocycles. The fraction of sp³-hybridized carbons (Fsp3) is 0.409. The molecule has 2 atom stereocenters. The molecule has 1 aliphatic heterocycles. The Hall–Kier alpha value is -2.54. The second-order valence-electron chi connectivity index (χ2n) is 7.62. The van der Waals surface area contributed by atoms with Gasteiger partial charge in [0.2, 0.25) is 10.0 Å². The highest BCUT2D eigenvalue weighted by atomic mass is 32.2. The smallest absolute Gasteiger partial charge is 0.263 e. The van der Waals surface area contributed by atoms with Crippen molar-refractivity contribution in [2.24, 2.45) is 0 Å². The molecule has 0 saturated carbocycles. The van der Waals surface area contributed by atoms with E-state index in [0.717, 1.165) is 18.4 Å². The maximum Gasteiger partial charge on any atom is 0.263 e. The van der Waals surface area contributed by atoms with Gasteiger partial charge in [-0.3, -0.25) is 9.10 Å². The van der Waals surface area contributed by atoms with Crippen molar-refractivity contribution in [3.63, 3.8) is 0 Å². The molecule has 2 aromatic rings. The Morgan fingerprint density at radius 1 is 1.21 bits per heavy atom. The molecule has 154 valence electrons. The SMILES string of the molecule is CCS(=O)(=O)N1CC(C(=O)NC(C)c2ccc3c(c2)CCC3)Oc2ccccc21. The van der Waals surface area contributed by atoms with Gasteiger partial charge in [-0.1, -0.05) is 30.3 Å². The van der Waals surface area contributed by atoms with E-state index in [9.17, 15) is 13.2 Å². The van der Waals surface area contributed by atoms with Gasteiger partial charge in [0.1, 0.15) is 5.75 Å². The fourth-order valence-electron chi connectivity index (χ4n) is 4.01. The number of sulfonamides is 1. The van der Waals surface area contributed by atoms with Gasteiger partial charge >= 0.3 is 0 Å². The van der Waals surface area contributed by atoms with Crippen molar-refractivity contribution >= 4 is 21.6 Å². The minimum absolute atomic E-state index is 0.0318. The van der Waals surface area contributed by atoms with Gasteiger partial charge in [-0.25, -0.2) is 8.42 Å². The summed E-state index contributed by atoms with van der Waals surface area (Å²) in [5.41, 5.74) is 4.27. The number of carbonyl (C=O) groups is 1. The first-order chi connectivity index (χ1) is 13.9. The van der Waals surface area contributed by atoms with E-state index < -0.39 is 16.1 Å². The molecule has 0 radical (unpaired) electrons. The second-order valence-corrected chi connectivity index (χ2v) is 9.80. The molecule has 2 aromatic carbocycles. The average Bonchev–Trinajstić information content (AvgIpc) is 3.20. The number of nitrogens with zero attached hydrogens (tertiary/aromatic N) is 1. The molecule has 0 saturated heterocycles. The van der Waals surface area contributed by atoms with Gasteiger partial charge in [0.25, 0.3) is 5.91 Å². The Morgan fingerprint density at radius 2 is 1.97 bits per heavy atom. The quantitative estimate of drug-likeness (QED) is 0.816. The molecule has 2 aliphatic rings. The van der Waals surface area contributed by atoms with Crippen LogP contribution in [0.15, 0.2) is 42.5 Å². The van der Waals surface area contributed by atoms with Crippen LogP contribution in [0.1, 0.15) is 43.0 Å². The lowest BCUT2D eigenvalue weighted by molar-refractivity contribution is -0.128. The Kier molecular flexibility index (Phi) is 5.25. The number of ether oxygens (including phenoxy) is 1. The van der Waals surface area contributed by atoms with Gasteiger partial charge in [0.05, 0.1) is 24.0 Å². The zero-order valence-electron chi connectivity index (χ0n) is 16.7. The molecule has 29 heavy (non-hydrogen) atoms. The van der Waals surface area contributed by atoms with Crippen molar-refractivity contribution in [1.29, 1.82) is 0 Å². The molecular formula is C22H26N2O4S. The molecule has 1 heterocycles. The van der Waals surface area contributed by atoms with Crippen LogP contribution < -0.4 is 14.4 Å². The van der Waals surface area contributed by atoms with Crippen molar-refractivity contribution in [3.05, 3.63) is 59.2 Å². The van der Waals surface area contributed by atoms with Gasteiger partial charge in [0, 0.05) is 0 Å². The van der Waals surface area contributed by atoms with Crippen LogP contribution in [0, 0.1) is 0 Å². The first-order valence-corrected chi connectivity index (χ1v) is 11.7. The van der Waals surface area contributed by atoms with Crippen molar-refractivity contribution in [3.8, 4) is 5.75 Å². The molecule has 0 fully saturated rings. The molecule has 0 aromatic heterocycles. The van der Waals surface area contributed by atoms with Crippen LogP contribution in [0.5, 0.6) is 5.75 Å². The van der Waals surface area contributed by atoms with Crippen LogP contribution in [0.3, 0.4) is 0 Å². The van der Waals surface area contributed by atoms with Gasteiger partial charge in [-0.2, -0.15) is 0 Å². The third kappa shape index (κ3) is 3.83. The topological polar surface area (TPSA) is 75.7 Å². The van der Waals surface area contributed by atoms with Crippen LogP contribution in [0.2, 0.25) is 0 Å². The number of hydrogen-bond donors (Lipinski definition) is 1. The molecule has 2 unspecified atom stereocenters. The standard InChI is InChI=1S/C22H26N2O4S/c1-3-29(26,27)24-14-21(28-20-10-5-4-9-19(20)24)22(25)23-15(2)17-12-11-16-7-6-8-18(16)13-17/h4-5,9-13,15,21H,3,6-8,14H2,1-2H3,(H,23,25). The number of benzene rings is 2. The summed E-state index contributed by atoms with van der Waals surface area (Å²) in [4.78, 5) is 12.9. The van der Waals surface area contributed by atoms with Crippen LogP contribution in [-0.2, 0) is 27.7 Å². The second kappa shape index (κ2) is 7.71. The number of carbonyl (C=O) groups excluding carboxylic acids is 1. The number of fused-ring (bicyclic) bond motifs is 2. The normalized spacial score (nSPS) is 19.1. The minimum Gasteiger partial charge on any atom is -0.476 e. The molecule has 1 N–H and O–H groups in total. The van der Waals surface area contributed by atoms with E-state index in [0.29, 0.717) is 11.4 Å². The Labute approximate surface area is 171 Å². The lowest BCUT2D eigenvalue weighted by Crippen LogP contribution is -2.51. The Morgan fingerprint density at radius 3 is 2.76 bits per heavy atom. The largest absolute Gasteiger partial charge is 0.476 e. The third-order valence-corrected chi connectivity index (χ3v) is 7.46. The minimum atomic E-state index is -3.52. The van der Waals surface area contributed by atoms with Crippen molar-refractivity contribution < 1.29 is 17.9 Å². The predicted octanol–water partition coefficient (Wildman–Crippen LogP) is 2.97. The van der Waals surface area contributed by atoms with Crippen LogP contribution in [0.25, 0.3) is 0 Å². The molecule has 6 nitrogen and oxygen atoms in total. The van der Waals surface area contributed by atoms with Crippen molar-refractivity contribution in [2.75, 3.05) is 16.6 Å².